The SMILES string of the molecule is CCN1C(=O)/C(=C/c2ccc(-c3ccc([N+](=O)[O-])cc3C)o2)SC1=Nc1ccc(F)cc1. The molecule has 1 fully saturated rings. The summed E-state index contributed by atoms with van der Waals surface area (Å²) in [5.41, 5.74) is 2.01. The van der Waals surface area contributed by atoms with Crippen molar-refractivity contribution in [2.75, 3.05) is 6.54 Å². The van der Waals surface area contributed by atoms with Crippen LogP contribution in [-0.2, 0) is 4.79 Å². The lowest BCUT2D eigenvalue weighted by Crippen LogP contribution is -2.28. The number of benzene rings is 2. The largest absolute Gasteiger partial charge is 0.457 e. The average Bonchev–Trinajstić information content (AvgIpc) is 3.34. The van der Waals surface area contributed by atoms with Crippen LogP contribution >= 0.6 is 11.8 Å². The molecule has 32 heavy (non-hydrogen) atoms. The molecule has 2 aromatic carbocycles. The molecule has 1 aromatic heterocycles. The number of aliphatic imine (C=N–C) groups is 1. The van der Waals surface area contributed by atoms with Gasteiger partial charge in [0.15, 0.2) is 5.17 Å². The number of likely N-dealkylation sites (N-methyl/N-ethyl adjacent to an activating group) is 1. The van der Waals surface area contributed by atoms with Gasteiger partial charge in [-0.25, -0.2) is 9.38 Å². The first-order valence-corrected chi connectivity index (χ1v) is 10.6. The predicted molar refractivity (Wildman–Crippen MR) is 122 cm³/mol. The highest BCUT2D eigenvalue weighted by molar-refractivity contribution is 8.18. The molecule has 1 aliphatic heterocycles. The molecule has 0 aliphatic carbocycles. The van der Waals surface area contributed by atoms with Crippen LogP contribution in [-0.4, -0.2) is 27.4 Å². The van der Waals surface area contributed by atoms with Crippen LogP contribution in [0.25, 0.3) is 17.4 Å². The maximum absolute atomic E-state index is 13.1. The van der Waals surface area contributed by atoms with Crippen molar-refractivity contribution in [3.63, 3.8) is 0 Å². The van der Waals surface area contributed by atoms with Crippen LogP contribution in [0.15, 0.2) is 68.9 Å². The number of nitro groups is 1. The van der Waals surface area contributed by atoms with Gasteiger partial charge in [0.25, 0.3) is 11.6 Å². The fraction of sp³-hybridized carbons (Fsp3) is 0.130. The number of carbonyl (C=O) groups excluding carboxylic acids is 1. The molecular weight excluding hydrogens is 433 g/mol. The Balaban J connectivity index is 1.60. The second-order valence-electron chi connectivity index (χ2n) is 6.99. The fourth-order valence-electron chi connectivity index (χ4n) is 3.24. The lowest BCUT2D eigenvalue weighted by Gasteiger charge is -2.11. The zero-order valence-electron chi connectivity index (χ0n) is 17.2. The number of halogens is 1. The van der Waals surface area contributed by atoms with Gasteiger partial charge < -0.3 is 4.42 Å². The van der Waals surface area contributed by atoms with E-state index in [1.807, 2.05) is 6.92 Å². The number of nitrogens with zero attached hydrogens (tertiary/aromatic N) is 3. The fourth-order valence-corrected chi connectivity index (χ4v) is 4.28. The zero-order valence-corrected chi connectivity index (χ0v) is 18.1. The van der Waals surface area contributed by atoms with Gasteiger partial charge in [-0.1, -0.05) is 0 Å². The van der Waals surface area contributed by atoms with E-state index in [1.165, 1.54) is 36.0 Å². The third-order valence-corrected chi connectivity index (χ3v) is 5.85. The van der Waals surface area contributed by atoms with Gasteiger partial charge in [0.1, 0.15) is 17.3 Å². The number of nitro benzene ring substituents is 1. The number of amides is 1. The van der Waals surface area contributed by atoms with Gasteiger partial charge in [-0.2, -0.15) is 0 Å². The molecule has 7 nitrogen and oxygen atoms in total. The number of furan rings is 1. The lowest BCUT2D eigenvalue weighted by molar-refractivity contribution is -0.384. The average molecular weight is 451 g/mol. The van der Waals surface area contributed by atoms with Gasteiger partial charge >= 0.3 is 0 Å². The minimum absolute atomic E-state index is 0.0146. The topological polar surface area (TPSA) is 89.0 Å². The van der Waals surface area contributed by atoms with Crippen LogP contribution in [0.5, 0.6) is 0 Å². The van der Waals surface area contributed by atoms with Crippen LogP contribution < -0.4 is 0 Å². The Labute approximate surface area is 187 Å². The number of thioether (sulfide) groups is 1. The number of carbonyl (C=O) groups is 1. The van der Waals surface area contributed by atoms with Crippen molar-refractivity contribution < 1.29 is 18.5 Å². The first-order chi connectivity index (χ1) is 15.4. The second-order valence-corrected chi connectivity index (χ2v) is 8.00. The minimum Gasteiger partial charge on any atom is -0.457 e. The van der Waals surface area contributed by atoms with Crippen LogP contribution in [0.3, 0.4) is 0 Å². The number of amidine groups is 1. The summed E-state index contributed by atoms with van der Waals surface area (Å²) in [6.45, 7) is 4.06. The van der Waals surface area contributed by atoms with Crippen molar-refractivity contribution in [1.82, 2.24) is 4.90 Å². The number of non-ortho nitro benzene ring substituents is 1. The number of aryl methyl sites for hydroxylation is 1. The molecule has 1 amide bonds. The van der Waals surface area contributed by atoms with Crippen LogP contribution in [0.1, 0.15) is 18.2 Å². The predicted octanol–water partition coefficient (Wildman–Crippen LogP) is 5.93. The molecule has 0 unspecified atom stereocenters. The molecule has 0 saturated carbocycles. The molecule has 1 aliphatic rings. The molecule has 4 rings (SSSR count). The van der Waals surface area contributed by atoms with E-state index in [2.05, 4.69) is 4.99 Å². The molecular formula is C23H18FN3O4S. The molecule has 0 N–H and O–H groups in total. The molecule has 1 saturated heterocycles. The van der Waals surface area contributed by atoms with E-state index >= 15 is 0 Å². The highest BCUT2D eigenvalue weighted by Crippen LogP contribution is 2.35. The molecule has 0 radical (unpaired) electrons. The zero-order chi connectivity index (χ0) is 22.8. The number of rotatable bonds is 5. The molecule has 3 aromatic rings. The smallest absolute Gasteiger partial charge is 0.269 e. The second kappa shape index (κ2) is 8.80. The normalized spacial score (nSPS) is 16.3. The van der Waals surface area contributed by atoms with E-state index in [0.717, 1.165) is 5.56 Å². The molecule has 9 heteroatoms. The highest BCUT2D eigenvalue weighted by Gasteiger charge is 2.32. The number of hydrogen-bond acceptors (Lipinski definition) is 6. The van der Waals surface area contributed by atoms with Crippen molar-refractivity contribution in [2.45, 2.75) is 13.8 Å². The molecule has 0 atom stereocenters. The Morgan fingerprint density at radius 2 is 1.94 bits per heavy atom. The van der Waals surface area contributed by atoms with Gasteiger partial charge in [0, 0.05) is 30.3 Å². The van der Waals surface area contributed by atoms with Crippen molar-refractivity contribution in [3.8, 4) is 11.3 Å². The third-order valence-electron chi connectivity index (χ3n) is 4.84. The van der Waals surface area contributed by atoms with E-state index in [0.29, 0.717) is 39.4 Å². The van der Waals surface area contributed by atoms with Crippen LogP contribution in [0.4, 0.5) is 15.8 Å². The lowest BCUT2D eigenvalue weighted by atomic mass is 10.1. The summed E-state index contributed by atoms with van der Waals surface area (Å²) in [6, 6.07) is 13.8. The van der Waals surface area contributed by atoms with Crippen molar-refractivity contribution in [3.05, 3.63) is 86.8 Å². The van der Waals surface area contributed by atoms with E-state index < -0.39 is 4.92 Å². The Morgan fingerprint density at radius 3 is 2.59 bits per heavy atom. The summed E-state index contributed by atoms with van der Waals surface area (Å²) in [5.74, 6) is 0.483. The van der Waals surface area contributed by atoms with Crippen LogP contribution in [0.2, 0.25) is 0 Å². The Bertz CT molecular complexity index is 1260. The van der Waals surface area contributed by atoms with E-state index in [-0.39, 0.29) is 17.4 Å². The van der Waals surface area contributed by atoms with Gasteiger partial charge in [-0.3, -0.25) is 19.8 Å². The molecule has 2 heterocycles. The van der Waals surface area contributed by atoms with Gasteiger partial charge in [0.2, 0.25) is 0 Å². The van der Waals surface area contributed by atoms with Gasteiger partial charge in [-0.05, 0) is 73.6 Å². The first-order valence-electron chi connectivity index (χ1n) is 9.76. The van der Waals surface area contributed by atoms with E-state index in [9.17, 15) is 19.3 Å². The molecule has 162 valence electrons. The monoisotopic (exact) mass is 451 g/mol. The van der Waals surface area contributed by atoms with Gasteiger partial charge in [-0.15, -0.1) is 0 Å². The maximum Gasteiger partial charge on any atom is 0.269 e. The van der Waals surface area contributed by atoms with E-state index in [1.54, 1.807) is 48.2 Å². The number of hydrogen-bond donors (Lipinski definition) is 0. The van der Waals surface area contributed by atoms with Crippen molar-refractivity contribution >= 4 is 40.3 Å². The summed E-state index contributed by atoms with van der Waals surface area (Å²) in [5, 5.41) is 11.5. The van der Waals surface area contributed by atoms with Crippen LogP contribution in [0, 0.1) is 22.9 Å². The quantitative estimate of drug-likeness (QED) is 0.273. The van der Waals surface area contributed by atoms with E-state index in [4.69, 9.17) is 4.42 Å². The van der Waals surface area contributed by atoms with Crippen molar-refractivity contribution in [1.29, 1.82) is 0 Å². The van der Waals surface area contributed by atoms with Crippen molar-refractivity contribution in [2.24, 2.45) is 4.99 Å². The summed E-state index contributed by atoms with van der Waals surface area (Å²) < 4.78 is 19.0. The highest BCUT2D eigenvalue weighted by atomic mass is 32.2. The Morgan fingerprint density at radius 1 is 1.19 bits per heavy atom. The first kappa shape index (κ1) is 21.5. The third kappa shape index (κ3) is 4.33. The molecule has 0 bridgehead atoms. The summed E-state index contributed by atoms with van der Waals surface area (Å²) in [4.78, 5) is 29.8. The summed E-state index contributed by atoms with van der Waals surface area (Å²) >= 11 is 1.22. The maximum atomic E-state index is 13.1. The molecule has 0 spiro atoms. The summed E-state index contributed by atoms with van der Waals surface area (Å²) in [7, 11) is 0. The minimum atomic E-state index is -0.442. The summed E-state index contributed by atoms with van der Waals surface area (Å²) in [6.07, 6.45) is 1.65. The Hall–Kier alpha value is -3.72. The van der Waals surface area contributed by atoms with Gasteiger partial charge in [0.05, 0.1) is 15.5 Å². The Kier molecular flexibility index (Phi) is 5.91. The standard InChI is InChI=1S/C23H18FN3O4S/c1-3-26-22(28)21(32-23(26)25-16-6-4-15(24)5-7-16)13-18-9-11-20(31-18)19-10-8-17(27(29)30)12-14(19)2/h4-13H,3H2,1-2H3/b21-13-,25-23?.